The molecule has 2 rings (SSSR count). The molecule has 0 N–H and O–H groups in total. The number of hydrogen-bond acceptors (Lipinski definition) is 4. The lowest BCUT2D eigenvalue weighted by atomic mass is 10.0. The van der Waals surface area contributed by atoms with Gasteiger partial charge in [0.1, 0.15) is 0 Å². The number of carbonyl (C=O) groups excluding carboxylic acids is 1. The summed E-state index contributed by atoms with van der Waals surface area (Å²) in [5.41, 5.74) is 0. The molecule has 1 heterocycles. The van der Waals surface area contributed by atoms with E-state index in [-0.39, 0.29) is 6.04 Å². The lowest BCUT2D eigenvalue weighted by molar-refractivity contribution is -0.134. The highest BCUT2D eigenvalue weighted by Gasteiger charge is 2.33. The van der Waals surface area contributed by atoms with Gasteiger partial charge >= 0.3 is 5.97 Å². The van der Waals surface area contributed by atoms with Crippen LogP contribution >= 0.6 is 22.6 Å². The Bertz CT molecular complexity index is 672. The van der Waals surface area contributed by atoms with Gasteiger partial charge < -0.3 is 4.74 Å². The second-order valence-corrected chi connectivity index (χ2v) is 8.01. The van der Waals surface area contributed by atoms with Crippen molar-refractivity contribution in [3.8, 4) is 0 Å². The minimum atomic E-state index is -3.57. The van der Waals surface area contributed by atoms with Gasteiger partial charge in [0.2, 0.25) is 10.0 Å². The summed E-state index contributed by atoms with van der Waals surface area (Å²) in [6.45, 7) is 0.462. The molecular formula is C15H18INO4S. The van der Waals surface area contributed by atoms with E-state index in [2.05, 4.69) is 4.74 Å². The van der Waals surface area contributed by atoms with Crippen LogP contribution < -0.4 is 0 Å². The Labute approximate surface area is 144 Å². The maximum absolute atomic E-state index is 12.9. The van der Waals surface area contributed by atoms with Crippen molar-refractivity contribution >= 4 is 38.6 Å². The van der Waals surface area contributed by atoms with E-state index in [0.29, 0.717) is 21.4 Å². The van der Waals surface area contributed by atoms with Crippen molar-refractivity contribution < 1.29 is 17.9 Å². The molecule has 1 aromatic rings. The van der Waals surface area contributed by atoms with E-state index < -0.39 is 16.0 Å². The van der Waals surface area contributed by atoms with E-state index >= 15 is 0 Å². The van der Waals surface area contributed by atoms with Crippen molar-refractivity contribution in [1.82, 2.24) is 4.31 Å². The number of sulfonamides is 1. The van der Waals surface area contributed by atoms with Crippen molar-refractivity contribution in [2.24, 2.45) is 0 Å². The third-order valence-corrected chi connectivity index (χ3v) is 6.87. The summed E-state index contributed by atoms with van der Waals surface area (Å²) < 4.78 is 32.6. The molecule has 1 fully saturated rings. The van der Waals surface area contributed by atoms with E-state index in [0.717, 1.165) is 12.8 Å². The quantitative estimate of drug-likeness (QED) is 0.415. The predicted octanol–water partition coefficient (Wildman–Crippen LogP) is 2.56. The number of halogens is 1. The second-order valence-electron chi connectivity index (χ2n) is 4.99. The SMILES string of the molecule is COC(=O)/C=C/[C@@H]1CCCCN1S(=O)(=O)c1ccccc1I. The molecule has 22 heavy (non-hydrogen) atoms. The second kappa shape index (κ2) is 7.56. The van der Waals surface area contributed by atoms with E-state index in [1.54, 1.807) is 24.3 Å². The fraction of sp³-hybridized carbons (Fsp3) is 0.400. The molecule has 120 valence electrons. The molecule has 0 bridgehead atoms. The highest BCUT2D eigenvalue weighted by Crippen LogP contribution is 2.28. The molecule has 1 aliphatic rings. The van der Waals surface area contributed by atoms with E-state index in [1.807, 2.05) is 28.7 Å². The zero-order chi connectivity index (χ0) is 16.2. The average Bonchev–Trinajstić information content (AvgIpc) is 2.53. The van der Waals surface area contributed by atoms with Crippen LogP contribution in [0, 0.1) is 3.57 Å². The van der Waals surface area contributed by atoms with Crippen molar-refractivity contribution in [2.75, 3.05) is 13.7 Å². The Morgan fingerprint density at radius 3 is 2.77 bits per heavy atom. The topological polar surface area (TPSA) is 63.7 Å². The number of ether oxygens (including phenoxy) is 1. The van der Waals surface area contributed by atoms with Gasteiger partial charge in [0, 0.05) is 22.2 Å². The Balaban J connectivity index is 2.32. The highest BCUT2D eigenvalue weighted by molar-refractivity contribution is 14.1. The number of rotatable bonds is 4. The number of nitrogens with zero attached hydrogens (tertiary/aromatic N) is 1. The molecule has 0 spiro atoms. The first-order valence-electron chi connectivity index (χ1n) is 6.99. The Hall–Kier alpha value is -0.930. The van der Waals surface area contributed by atoms with Crippen molar-refractivity contribution in [3.63, 3.8) is 0 Å². The summed E-state index contributed by atoms with van der Waals surface area (Å²) in [7, 11) is -2.27. The molecule has 5 nitrogen and oxygen atoms in total. The lowest BCUT2D eigenvalue weighted by Crippen LogP contribution is -2.42. The van der Waals surface area contributed by atoms with Crippen molar-refractivity contribution in [3.05, 3.63) is 40.0 Å². The molecule has 7 heteroatoms. The van der Waals surface area contributed by atoms with Gasteiger partial charge in [-0.3, -0.25) is 0 Å². The molecule has 0 saturated carbocycles. The normalized spacial score (nSPS) is 20.2. The summed E-state index contributed by atoms with van der Waals surface area (Å²) in [5, 5.41) is 0. The highest BCUT2D eigenvalue weighted by atomic mass is 127. The summed E-state index contributed by atoms with van der Waals surface area (Å²) in [6, 6.07) is 6.61. The molecule has 1 saturated heterocycles. The number of carbonyl (C=O) groups is 1. The van der Waals surface area contributed by atoms with Crippen molar-refractivity contribution in [1.29, 1.82) is 0 Å². The van der Waals surface area contributed by atoms with Gasteiger partial charge in [0.15, 0.2) is 0 Å². The van der Waals surface area contributed by atoms with Crippen LogP contribution in [0.15, 0.2) is 41.3 Å². The molecule has 0 aliphatic carbocycles. The van der Waals surface area contributed by atoms with Gasteiger partial charge in [-0.15, -0.1) is 0 Å². The fourth-order valence-corrected chi connectivity index (χ4v) is 5.40. The van der Waals surface area contributed by atoms with E-state index in [1.165, 1.54) is 17.5 Å². The number of esters is 1. The smallest absolute Gasteiger partial charge is 0.330 e. The van der Waals surface area contributed by atoms with Crippen LogP contribution in [0.3, 0.4) is 0 Å². The zero-order valence-electron chi connectivity index (χ0n) is 12.2. The van der Waals surface area contributed by atoms with Crippen LogP contribution in [0.25, 0.3) is 0 Å². The van der Waals surface area contributed by atoms with Gasteiger partial charge in [0.05, 0.1) is 12.0 Å². The largest absolute Gasteiger partial charge is 0.466 e. The first-order chi connectivity index (χ1) is 10.5. The van der Waals surface area contributed by atoms with Gasteiger partial charge in [-0.25, -0.2) is 13.2 Å². The Morgan fingerprint density at radius 1 is 1.36 bits per heavy atom. The first-order valence-corrected chi connectivity index (χ1v) is 9.51. The van der Waals surface area contributed by atoms with Crippen LogP contribution in [-0.4, -0.2) is 38.4 Å². The van der Waals surface area contributed by atoms with Gasteiger partial charge in [0.25, 0.3) is 0 Å². The number of benzene rings is 1. The third-order valence-electron chi connectivity index (χ3n) is 3.58. The third kappa shape index (κ3) is 3.88. The summed E-state index contributed by atoms with van der Waals surface area (Å²) >= 11 is 2.03. The maximum atomic E-state index is 12.9. The number of piperidine rings is 1. The molecular weight excluding hydrogens is 417 g/mol. The molecule has 1 atom stereocenters. The van der Waals surface area contributed by atoms with Crippen LogP contribution in [-0.2, 0) is 19.6 Å². The Kier molecular flexibility index (Phi) is 5.99. The fourth-order valence-electron chi connectivity index (χ4n) is 2.46. The molecule has 0 radical (unpaired) electrons. The first kappa shape index (κ1) is 17.4. The van der Waals surface area contributed by atoms with Crippen molar-refractivity contribution in [2.45, 2.75) is 30.2 Å². The monoisotopic (exact) mass is 435 g/mol. The minimum Gasteiger partial charge on any atom is -0.466 e. The molecule has 0 unspecified atom stereocenters. The van der Waals surface area contributed by atoms with Gasteiger partial charge in [-0.05, 0) is 47.6 Å². The minimum absolute atomic E-state index is 0.311. The Morgan fingerprint density at radius 2 is 2.09 bits per heavy atom. The molecule has 0 amide bonds. The number of hydrogen-bond donors (Lipinski definition) is 0. The summed E-state index contributed by atoms with van der Waals surface area (Å²) in [4.78, 5) is 11.6. The molecule has 1 aliphatic heterocycles. The van der Waals surface area contributed by atoms with E-state index in [4.69, 9.17) is 0 Å². The average molecular weight is 435 g/mol. The van der Waals surface area contributed by atoms with E-state index in [9.17, 15) is 13.2 Å². The maximum Gasteiger partial charge on any atom is 0.330 e. The molecule has 1 aromatic carbocycles. The lowest BCUT2D eigenvalue weighted by Gasteiger charge is -2.33. The van der Waals surface area contributed by atoms with Crippen LogP contribution in [0.4, 0.5) is 0 Å². The standard InChI is InChI=1S/C15H18INO4S/c1-21-15(18)10-9-12-6-4-5-11-17(12)22(19,20)14-8-3-2-7-13(14)16/h2-3,7-10,12H,4-6,11H2,1H3/b10-9+/t12-/m0/s1. The van der Waals surface area contributed by atoms with Gasteiger partial charge in [-0.2, -0.15) is 4.31 Å². The van der Waals surface area contributed by atoms with Crippen LogP contribution in [0.5, 0.6) is 0 Å². The van der Waals surface area contributed by atoms with Gasteiger partial charge in [-0.1, -0.05) is 24.6 Å². The van der Waals surface area contributed by atoms with Crippen LogP contribution in [0.2, 0.25) is 0 Å². The summed E-state index contributed by atoms with van der Waals surface area (Å²) in [6.07, 6.45) is 5.39. The zero-order valence-corrected chi connectivity index (χ0v) is 15.2. The predicted molar refractivity (Wildman–Crippen MR) is 91.8 cm³/mol. The number of methoxy groups -OCH3 is 1. The summed E-state index contributed by atoms with van der Waals surface area (Å²) in [5.74, 6) is -0.475. The van der Waals surface area contributed by atoms with Crippen LogP contribution in [0.1, 0.15) is 19.3 Å². The molecule has 0 aromatic heterocycles.